The van der Waals surface area contributed by atoms with E-state index >= 15 is 0 Å². The molecule has 2 aromatic carbocycles. The van der Waals surface area contributed by atoms with Gasteiger partial charge in [0.1, 0.15) is 6.04 Å². The Kier molecular flexibility index (Phi) is 5.62. The molecule has 1 saturated heterocycles. The van der Waals surface area contributed by atoms with Crippen LogP contribution in [-0.2, 0) is 4.79 Å². The van der Waals surface area contributed by atoms with Gasteiger partial charge in [-0.1, -0.05) is 67.6 Å². The van der Waals surface area contributed by atoms with Crippen LogP contribution >= 0.6 is 0 Å². The van der Waals surface area contributed by atoms with E-state index in [-0.39, 0.29) is 18.0 Å². The van der Waals surface area contributed by atoms with Crippen molar-refractivity contribution in [2.45, 2.75) is 37.8 Å². The van der Waals surface area contributed by atoms with Crippen LogP contribution in [0.4, 0.5) is 0 Å². The third-order valence-corrected chi connectivity index (χ3v) is 4.67. The van der Waals surface area contributed by atoms with Crippen molar-refractivity contribution in [3.8, 4) is 0 Å². The van der Waals surface area contributed by atoms with Crippen LogP contribution in [0.2, 0.25) is 0 Å². The molecule has 126 valence electrons. The molecule has 1 aliphatic heterocycles. The Bertz CT molecular complexity index is 644. The first-order chi connectivity index (χ1) is 11.7. The molecule has 4 heteroatoms. The lowest BCUT2D eigenvalue weighted by Gasteiger charge is -2.14. The number of carbonyl (C=O) groups is 1. The second-order valence-electron chi connectivity index (χ2n) is 6.43. The van der Waals surface area contributed by atoms with Gasteiger partial charge in [-0.05, 0) is 29.9 Å². The highest BCUT2D eigenvalue weighted by molar-refractivity contribution is 5.82. The average Bonchev–Trinajstić information content (AvgIpc) is 3.13. The molecule has 0 radical (unpaired) electrons. The predicted molar refractivity (Wildman–Crippen MR) is 96.3 cm³/mol. The zero-order valence-electron chi connectivity index (χ0n) is 14.0. The van der Waals surface area contributed by atoms with Gasteiger partial charge in [0, 0.05) is 12.6 Å². The Morgan fingerprint density at radius 3 is 2.46 bits per heavy atom. The Balaban J connectivity index is 1.43. The van der Waals surface area contributed by atoms with Gasteiger partial charge >= 0.3 is 0 Å². The number of hydrazine groups is 1. The SMILES string of the molecule is CC(CCNC(=O)C1CC(c2ccccc2)NN1)c1ccccc1. The molecule has 24 heavy (non-hydrogen) atoms. The van der Waals surface area contributed by atoms with Crippen molar-refractivity contribution in [3.05, 3.63) is 71.8 Å². The van der Waals surface area contributed by atoms with Crippen LogP contribution in [0, 0.1) is 0 Å². The van der Waals surface area contributed by atoms with Crippen LogP contribution in [0.15, 0.2) is 60.7 Å². The maximum absolute atomic E-state index is 12.3. The van der Waals surface area contributed by atoms with E-state index in [0.717, 1.165) is 12.8 Å². The van der Waals surface area contributed by atoms with Crippen molar-refractivity contribution in [3.63, 3.8) is 0 Å². The highest BCUT2D eigenvalue weighted by Gasteiger charge is 2.29. The van der Waals surface area contributed by atoms with Crippen LogP contribution in [0.3, 0.4) is 0 Å². The van der Waals surface area contributed by atoms with E-state index in [1.807, 2.05) is 24.3 Å². The minimum Gasteiger partial charge on any atom is -0.355 e. The molecule has 0 spiro atoms. The topological polar surface area (TPSA) is 53.2 Å². The largest absolute Gasteiger partial charge is 0.355 e. The molecule has 0 aromatic heterocycles. The van der Waals surface area contributed by atoms with Crippen LogP contribution in [0.25, 0.3) is 0 Å². The molecule has 1 amide bonds. The van der Waals surface area contributed by atoms with Crippen molar-refractivity contribution in [1.82, 2.24) is 16.2 Å². The summed E-state index contributed by atoms with van der Waals surface area (Å²) in [6.45, 7) is 2.89. The minimum atomic E-state index is -0.178. The third kappa shape index (κ3) is 4.22. The number of benzene rings is 2. The molecular weight excluding hydrogens is 298 g/mol. The molecule has 3 unspecified atom stereocenters. The summed E-state index contributed by atoms with van der Waals surface area (Å²) in [6.07, 6.45) is 1.71. The van der Waals surface area contributed by atoms with Crippen LogP contribution in [0.5, 0.6) is 0 Å². The number of rotatable bonds is 6. The second-order valence-corrected chi connectivity index (χ2v) is 6.43. The van der Waals surface area contributed by atoms with Crippen LogP contribution < -0.4 is 16.2 Å². The van der Waals surface area contributed by atoms with Crippen molar-refractivity contribution >= 4 is 5.91 Å². The zero-order chi connectivity index (χ0) is 16.8. The number of carbonyl (C=O) groups excluding carboxylic acids is 1. The van der Waals surface area contributed by atoms with Gasteiger partial charge in [0.25, 0.3) is 0 Å². The fourth-order valence-corrected chi connectivity index (χ4v) is 3.12. The molecule has 1 fully saturated rings. The number of hydrogen-bond donors (Lipinski definition) is 3. The summed E-state index contributed by atoms with van der Waals surface area (Å²) in [5.41, 5.74) is 8.85. The Morgan fingerprint density at radius 1 is 1.08 bits per heavy atom. The van der Waals surface area contributed by atoms with Crippen molar-refractivity contribution in [2.75, 3.05) is 6.54 Å². The maximum Gasteiger partial charge on any atom is 0.238 e. The Labute approximate surface area is 143 Å². The van der Waals surface area contributed by atoms with Gasteiger partial charge in [0.15, 0.2) is 0 Å². The zero-order valence-corrected chi connectivity index (χ0v) is 14.0. The van der Waals surface area contributed by atoms with Crippen LogP contribution in [0.1, 0.15) is 42.9 Å². The highest BCUT2D eigenvalue weighted by Crippen LogP contribution is 2.22. The van der Waals surface area contributed by atoms with Gasteiger partial charge in [0.2, 0.25) is 5.91 Å². The number of hydrogen-bond acceptors (Lipinski definition) is 3. The molecular formula is C20H25N3O. The highest BCUT2D eigenvalue weighted by atomic mass is 16.2. The Morgan fingerprint density at radius 2 is 1.75 bits per heavy atom. The van der Waals surface area contributed by atoms with Gasteiger partial charge in [-0.2, -0.15) is 0 Å². The summed E-state index contributed by atoms with van der Waals surface area (Å²) in [7, 11) is 0. The van der Waals surface area contributed by atoms with E-state index in [9.17, 15) is 4.79 Å². The van der Waals surface area contributed by atoms with Crippen molar-refractivity contribution in [2.24, 2.45) is 0 Å². The lowest BCUT2D eigenvalue weighted by Crippen LogP contribution is -2.43. The van der Waals surface area contributed by atoms with Gasteiger partial charge < -0.3 is 5.32 Å². The van der Waals surface area contributed by atoms with E-state index in [2.05, 4.69) is 59.5 Å². The monoisotopic (exact) mass is 323 g/mol. The molecule has 0 bridgehead atoms. The van der Waals surface area contributed by atoms with Crippen LogP contribution in [-0.4, -0.2) is 18.5 Å². The minimum absolute atomic E-state index is 0.0705. The quantitative estimate of drug-likeness (QED) is 0.766. The van der Waals surface area contributed by atoms with Crippen molar-refractivity contribution < 1.29 is 4.79 Å². The maximum atomic E-state index is 12.3. The molecule has 4 nitrogen and oxygen atoms in total. The average molecular weight is 323 g/mol. The first-order valence-corrected chi connectivity index (χ1v) is 8.62. The summed E-state index contributed by atoms with van der Waals surface area (Å²) in [5, 5.41) is 3.06. The summed E-state index contributed by atoms with van der Waals surface area (Å²) >= 11 is 0. The Hall–Kier alpha value is -2.17. The molecule has 3 N–H and O–H groups in total. The summed E-state index contributed by atoms with van der Waals surface area (Å²) in [6, 6.07) is 20.6. The molecule has 0 aliphatic carbocycles. The molecule has 3 atom stereocenters. The van der Waals surface area contributed by atoms with E-state index in [1.165, 1.54) is 11.1 Å². The first-order valence-electron chi connectivity index (χ1n) is 8.62. The van der Waals surface area contributed by atoms with Crippen molar-refractivity contribution in [1.29, 1.82) is 0 Å². The summed E-state index contributed by atoms with van der Waals surface area (Å²) in [5.74, 6) is 0.513. The summed E-state index contributed by atoms with van der Waals surface area (Å²) < 4.78 is 0. The van der Waals surface area contributed by atoms with Gasteiger partial charge in [-0.3, -0.25) is 4.79 Å². The van der Waals surface area contributed by atoms with E-state index in [0.29, 0.717) is 12.5 Å². The lowest BCUT2D eigenvalue weighted by atomic mass is 9.98. The molecule has 2 aromatic rings. The standard InChI is InChI=1S/C20H25N3O/c1-15(16-8-4-2-5-9-16)12-13-21-20(24)19-14-18(22-23-19)17-10-6-3-7-11-17/h2-11,15,18-19,22-23H,12-14H2,1H3,(H,21,24). The summed E-state index contributed by atoms with van der Waals surface area (Å²) in [4.78, 5) is 12.3. The normalized spacial score (nSPS) is 21.4. The van der Waals surface area contributed by atoms with E-state index < -0.39 is 0 Å². The smallest absolute Gasteiger partial charge is 0.238 e. The fourth-order valence-electron chi connectivity index (χ4n) is 3.12. The van der Waals surface area contributed by atoms with Gasteiger partial charge in [-0.15, -0.1) is 0 Å². The molecule has 0 saturated carbocycles. The van der Waals surface area contributed by atoms with E-state index in [1.54, 1.807) is 0 Å². The first kappa shape index (κ1) is 16.7. The number of nitrogens with one attached hydrogen (secondary N) is 3. The lowest BCUT2D eigenvalue weighted by molar-refractivity contribution is -0.122. The van der Waals surface area contributed by atoms with Gasteiger partial charge in [-0.25, -0.2) is 10.9 Å². The second kappa shape index (κ2) is 8.08. The molecule has 1 aliphatic rings. The fraction of sp³-hybridized carbons (Fsp3) is 0.350. The van der Waals surface area contributed by atoms with E-state index in [4.69, 9.17) is 0 Å². The predicted octanol–water partition coefficient (Wildman–Crippen LogP) is 2.90. The number of amides is 1. The third-order valence-electron chi connectivity index (χ3n) is 4.67. The van der Waals surface area contributed by atoms with Gasteiger partial charge in [0.05, 0.1) is 0 Å². The molecule has 3 rings (SSSR count). The molecule has 1 heterocycles.